The van der Waals surface area contributed by atoms with Crippen LogP contribution in [0.4, 0.5) is 5.69 Å². The number of hydrogen-bond acceptors (Lipinski definition) is 6. The van der Waals surface area contributed by atoms with Gasteiger partial charge >= 0.3 is 0 Å². The predicted molar refractivity (Wildman–Crippen MR) is 96.4 cm³/mol. The lowest BCUT2D eigenvalue weighted by Crippen LogP contribution is -2.07. The lowest BCUT2D eigenvalue weighted by Gasteiger charge is -2.06. The molecule has 0 spiro atoms. The molecule has 3 heterocycles. The zero-order valence-corrected chi connectivity index (χ0v) is 13.8. The Balaban J connectivity index is 1.51. The number of amides is 1. The van der Waals surface area contributed by atoms with E-state index < -0.39 is 0 Å². The summed E-state index contributed by atoms with van der Waals surface area (Å²) < 4.78 is 5.52. The number of ether oxygens (including phenoxy) is 1. The first-order valence-corrected chi connectivity index (χ1v) is 8.12. The maximum atomic E-state index is 12.2. The summed E-state index contributed by atoms with van der Waals surface area (Å²) in [5.41, 5.74) is 4.33. The van der Waals surface area contributed by atoms with Crippen molar-refractivity contribution in [1.82, 2.24) is 20.4 Å². The van der Waals surface area contributed by atoms with Crippen molar-refractivity contribution in [3.8, 4) is 16.9 Å². The van der Waals surface area contributed by atoms with Crippen molar-refractivity contribution < 1.29 is 9.53 Å². The number of rotatable bonds is 4. The van der Waals surface area contributed by atoms with Gasteiger partial charge in [0, 0.05) is 47.8 Å². The average Bonchev–Trinajstić information content (AvgIpc) is 3.15. The maximum Gasteiger partial charge on any atom is 0.248 e. The summed E-state index contributed by atoms with van der Waals surface area (Å²) in [4.78, 5) is 16.4. The number of nitrogens with one attached hydrogen (secondary N) is 1. The quantitative estimate of drug-likeness (QED) is 0.731. The zero-order valence-electron chi connectivity index (χ0n) is 13.8. The minimum Gasteiger partial charge on any atom is -0.493 e. The molecule has 1 aliphatic rings. The molecule has 1 aliphatic heterocycles. The van der Waals surface area contributed by atoms with Crippen LogP contribution in [0.25, 0.3) is 17.2 Å². The molecule has 0 aliphatic carbocycles. The largest absolute Gasteiger partial charge is 0.493 e. The first-order valence-electron chi connectivity index (χ1n) is 8.12. The third-order valence-corrected chi connectivity index (χ3v) is 4.04. The SMILES string of the molecule is O=C(/C=C/c1cnccc1-c1cnnnc1)Nc1ccc2c(c1)OCC2. The molecule has 7 nitrogen and oxygen atoms in total. The van der Waals surface area contributed by atoms with E-state index in [2.05, 4.69) is 25.7 Å². The molecule has 128 valence electrons. The first-order chi connectivity index (χ1) is 12.8. The van der Waals surface area contributed by atoms with Crippen molar-refractivity contribution in [3.05, 3.63) is 66.3 Å². The summed E-state index contributed by atoms with van der Waals surface area (Å²) in [6, 6.07) is 7.54. The number of benzene rings is 1. The maximum absolute atomic E-state index is 12.2. The van der Waals surface area contributed by atoms with Crippen molar-refractivity contribution in [3.63, 3.8) is 0 Å². The Morgan fingerprint density at radius 1 is 1.15 bits per heavy atom. The first kappa shape index (κ1) is 15.9. The Kier molecular flexibility index (Phi) is 4.34. The van der Waals surface area contributed by atoms with Gasteiger partial charge in [0.2, 0.25) is 5.91 Å². The van der Waals surface area contributed by atoms with Gasteiger partial charge in [-0.2, -0.15) is 0 Å². The van der Waals surface area contributed by atoms with Gasteiger partial charge in [0.05, 0.1) is 19.0 Å². The number of carbonyl (C=O) groups excluding carboxylic acids is 1. The van der Waals surface area contributed by atoms with Crippen molar-refractivity contribution >= 4 is 17.7 Å². The monoisotopic (exact) mass is 345 g/mol. The fourth-order valence-corrected chi connectivity index (χ4v) is 2.77. The van der Waals surface area contributed by atoms with Gasteiger partial charge in [-0.3, -0.25) is 9.78 Å². The highest BCUT2D eigenvalue weighted by Gasteiger charge is 2.12. The molecule has 1 amide bonds. The van der Waals surface area contributed by atoms with Crippen LogP contribution in [-0.4, -0.2) is 32.9 Å². The Labute approximate surface area is 149 Å². The summed E-state index contributed by atoms with van der Waals surface area (Å²) in [5, 5.41) is 13.9. The van der Waals surface area contributed by atoms with E-state index in [9.17, 15) is 4.79 Å². The molecule has 2 aromatic heterocycles. The highest BCUT2D eigenvalue weighted by Crippen LogP contribution is 2.28. The fraction of sp³-hybridized carbons (Fsp3) is 0.105. The highest BCUT2D eigenvalue weighted by molar-refractivity contribution is 6.02. The molecule has 0 saturated carbocycles. The van der Waals surface area contributed by atoms with Gasteiger partial charge in [-0.15, -0.1) is 10.2 Å². The normalized spacial score (nSPS) is 12.6. The van der Waals surface area contributed by atoms with Gasteiger partial charge in [0.15, 0.2) is 0 Å². The number of hydrogen-bond donors (Lipinski definition) is 1. The van der Waals surface area contributed by atoms with Crippen LogP contribution in [0.2, 0.25) is 0 Å². The number of pyridine rings is 1. The Morgan fingerprint density at radius 2 is 2.04 bits per heavy atom. The number of nitrogens with zero attached hydrogens (tertiary/aromatic N) is 4. The third-order valence-electron chi connectivity index (χ3n) is 4.04. The summed E-state index contributed by atoms with van der Waals surface area (Å²) >= 11 is 0. The molecule has 0 radical (unpaired) electrons. The molecule has 0 saturated heterocycles. The van der Waals surface area contributed by atoms with E-state index in [0.717, 1.165) is 34.4 Å². The van der Waals surface area contributed by atoms with Crippen LogP contribution in [0.15, 0.2) is 55.1 Å². The van der Waals surface area contributed by atoms with Crippen LogP contribution in [0.1, 0.15) is 11.1 Å². The van der Waals surface area contributed by atoms with Gasteiger partial charge < -0.3 is 10.1 Å². The topological polar surface area (TPSA) is 89.9 Å². The summed E-state index contributed by atoms with van der Waals surface area (Å²) in [6.45, 7) is 0.690. The standard InChI is InChI=1S/C19H15N5O2/c25-19(23-16-3-1-13-6-8-26-18(13)9-16)4-2-14-10-20-7-5-17(14)15-11-21-24-22-12-15/h1-5,7,9-12H,6,8H2,(H,23,25)/b4-2+. The van der Waals surface area contributed by atoms with Crippen molar-refractivity contribution in [2.24, 2.45) is 0 Å². The summed E-state index contributed by atoms with van der Waals surface area (Å²) in [6.07, 6.45) is 10.7. The Hall–Kier alpha value is -3.61. The van der Waals surface area contributed by atoms with Crippen LogP contribution in [0, 0.1) is 0 Å². The molecule has 0 atom stereocenters. The molecule has 0 unspecified atom stereocenters. The van der Waals surface area contributed by atoms with E-state index in [-0.39, 0.29) is 5.91 Å². The number of fused-ring (bicyclic) bond motifs is 1. The molecule has 3 aromatic rings. The molecule has 4 rings (SSSR count). The highest BCUT2D eigenvalue weighted by atomic mass is 16.5. The molecule has 0 fully saturated rings. The second kappa shape index (κ2) is 7.10. The fourth-order valence-electron chi connectivity index (χ4n) is 2.77. The van der Waals surface area contributed by atoms with E-state index >= 15 is 0 Å². The van der Waals surface area contributed by atoms with Gasteiger partial charge in [-0.25, -0.2) is 0 Å². The summed E-state index contributed by atoms with van der Waals surface area (Å²) in [7, 11) is 0. The molecular weight excluding hydrogens is 330 g/mol. The van der Waals surface area contributed by atoms with E-state index in [1.165, 1.54) is 6.08 Å². The Morgan fingerprint density at radius 3 is 2.92 bits per heavy atom. The zero-order chi connectivity index (χ0) is 17.8. The number of anilines is 1. The van der Waals surface area contributed by atoms with Crippen molar-refractivity contribution in [2.75, 3.05) is 11.9 Å². The number of carbonyl (C=O) groups is 1. The van der Waals surface area contributed by atoms with Crippen LogP contribution < -0.4 is 10.1 Å². The van der Waals surface area contributed by atoms with E-state index in [1.54, 1.807) is 30.9 Å². The van der Waals surface area contributed by atoms with Gasteiger partial charge in [-0.05, 0) is 34.5 Å². The second-order valence-corrected chi connectivity index (χ2v) is 5.74. The smallest absolute Gasteiger partial charge is 0.248 e. The molecule has 1 N–H and O–H groups in total. The average molecular weight is 345 g/mol. The third kappa shape index (κ3) is 3.41. The lowest BCUT2D eigenvalue weighted by atomic mass is 10.0. The van der Waals surface area contributed by atoms with Crippen LogP contribution in [0.3, 0.4) is 0 Å². The molecular formula is C19H15N5O2. The molecule has 7 heteroatoms. The molecule has 26 heavy (non-hydrogen) atoms. The van der Waals surface area contributed by atoms with E-state index in [4.69, 9.17) is 4.74 Å². The van der Waals surface area contributed by atoms with Crippen LogP contribution >= 0.6 is 0 Å². The van der Waals surface area contributed by atoms with Gasteiger partial charge in [-0.1, -0.05) is 6.07 Å². The van der Waals surface area contributed by atoms with Crippen molar-refractivity contribution in [2.45, 2.75) is 6.42 Å². The summed E-state index contributed by atoms with van der Waals surface area (Å²) in [5.74, 6) is 0.600. The predicted octanol–water partition coefficient (Wildman–Crippen LogP) is 2.52. The van der Waals surface area contributed by atoms with Crippen molar-refractivity contribution in [1.29, 1.82) is 0 Å². The minimum absolute atomic E-state index is 0.233. The van der Waals surface area contributed by atoms with Crippen LogP contribution in [0.5, 0.6) is 5.75 Å². The van der Waals surface area contributed by atoms with E-state index in [1.807, 2.05) is 24.3 Å². The van der Waals surface area contributed by atoms with Crippen LogP contribution in [-0.2, 0) is 11.2 Å². The molecule has 1 aromatic carbocycles. The van der Waals surface area contributed by atoms with E-state index in [0.29, 0.717) is 12.3 Å². The number of aromatic nitrogens is 4. The molecule has 0 bridgehead atoms. The lowest BCUT2D eigenvalue weighted by molar-refractivity contribution is -0.111. The second-order valence-electron chi connectivity index (χ2n) is 5.74. The Bertz CT molecular complexity index is 973. The minimum atomic E-state index is -0.233. The van der Waals surface area contributed by atoms with Gasteiger partial charge in [0.25, 0.3) is 0 Å². The van der Waals surface area contributed by atoms with Gasteiger partial charge in [0.1, 0.15) is 5.75 Å².